The van der Waals surface area contributed by atoms with Crippen molar-refractivity contribution in [2.45, 2.75) is 352 Å². The summed E-state index contributed by atoms with van der Waals surface area (Å²) in [6.07, 6.45) is 55.3. The van der Waals surface area contributed by atoms with Gasteiger partial charge in [0.25, 0.3) is 0 Å². The van der Waals surface area contributed by atoms with E-state index in [9.17, 15) is 30.3 Å². The predicted molar refractivity (Wildman–Crippen MR) is 291 cm³/mol. The maximum atomic E-state index is 13.1. The van der Waals surface area contributed by atoms with Gasteiger partial charge in [0.05, 0.1) is 25.4 Å². The van der Waals surface area contributed by atoms with Gasteiger partial charge >= 0.3 is 0 Å². The number of hydrogen-bond acceptors (Lipinski definition) is 8. The summed E-state index contributed by atoms with van der Waals surface area (Å²) in [6, 6.07) is -0.719. The highest BCUT2D eigenvalue weighted by atomic mass is 16.7. The molecule has 1 amide bonds. The van der Waals surface area contributed by atoms with E-state index >= 15 is 0 Å². The fourth-order valence-electron chi connectivity index (χ4n) is 10.0. The minimum absolute atomic E-state index is 0.135. The summed E-state index contributed by atoms with van der Waals surface area (Å²) in [6.45, 7) is 3.88. The molecule has 6 N–H and O–H groups in total. The number of aliphatic hydroxyl groups is 5. The lowest BCUT2D eigenvalue weighted by atomic mass is 9.99. The second-order valence-corrected chi connectivity index (χ2v) is 21.5. The summed E-state index contributed by atoms with van der Waals surface area (Å²) in [4.78, 5) is 13.1. The predicted octanol–water partition coefficient (Wildman–Crippen LogP) is 15.2. The fourth-order valence-corrected chi connectivity index (χ4v) is 10.0. The molecule has 0 saturated carbocycles. The number of carbonyl (C=O) groups is 1. The molecule has 1 aliphatic heterocycles. The lowest BCUT2D eigenvalue weighted by Crippen LogP contribution is -2.60. The number of rotatable bonds is 53. The fraction of sp³-hybridized carbons (Fsp3) is 0.950. The molecule has 1 rings (SSSR count). The van der Waals surface area contributed by atoms with Crippen LogP contribution >= 0.6 is 0 Å². The van der Waals surface area contributed by atoms with Crippen molar-refractivity contribution in [3.63, 3.8) is 0 Å². The van der Waals surface area contributed by atoms with E-state index in [-0.39, 0.29) is 12.5 Å². The Bertz CT molecular complexity index is 1090. The third kappa shape index (κ3) is 40.1. The van der Waals surface area contributed by atoms with Crippen LogP contribution in [0.25, 0.3) is 0 Å². The number of nitrogens with one attached hydrogen (secondary N) is 1. The lowest BCUT2D eigenvalue weighted by molar-refractivity contribution is -0.302. The standard InChI is InChI=1S/C60H117NO8/c1-3-5-7-9-11-13-15-17-19-21-23-25-27-29-31-33-35-37-39-41-43-45-47-49-54(63)53(52-68-60-59(67)58(66)57(65)55(51-62)69-60)61-56(64)50-48-46-44-42-40-38-36-34-32-30-28-26-24-22-20-18-16-14-12-10-8-6-4-2/h30,32,53-55,57-60,62-63,65-67H,3-29,31,33-52H2,1-2H3,(H,61,64)/b32-30-. The minimum atomic E-state index is -1.55. The molecule has 410 valence electrons. The van der Waals surface area contributed by atoms with E-state index < -0.39 is 49.5 Å². The van der Waals surface area contributed by atoms with Gasteiger partial charge < -0.3 is 40.3 Å². The van der Waals surface area contributed by atoms with Gasteiger partial charge in [-0.05, 0) is 38.5 Å². The first-order valence-corrected chi connectivity index (χ1v) is 30.4. The maximum absolute atomic E-state index is 13.1. The van der Waals surface area contributed by atoms with Crippen LogP contribution < -0.4 is 5.32 Å². The molecule has 7 atom stereocenters. The summed E-state index contributed by atoms with van der Waals surface area (Å²) in [5.41, 5.74) is 0. The van der Waals surface area contributed by atoms with Crippen LogP contribution in [-0.2, 0) is 14.3 Å². The molecule has 9 nitrogen and oxygen atoms in total. The summed E-state index contributed by atoms with van der Waals surface area (Å²) >= 11 is 0. The van der Waals surface area contributed by atoms with E-state index in [4.69, 9.17) is 9.47 Å². The number of amides is 1. The van der Waals surface area contributed by atoms with Crippen LogP contribution in [-0.4, -0.2) is 87.5 Å². The second-order valence-electron chi connectivity index (χ2n) is 21.5. The first-order valence-electron chi connectivity index (χ1n) is 30.4. The number of hydrogen-bond donors (Lipinski definition) is 6. The van der Waals surface area contributed by atoms with Gasteiger partial charge in [-0.25, -0.2) is 0 Å². The molecule has 69 heavy (non-hydrogen) atoms. The largest absolute Gasteiger partial charge is 0.394 e. The summed E-state index contributed by atoms with van der Waals surface area (Å²) in [5, 5.41) is 54.8. The molecule has 0 bridgehead atoms. The van der Waals surface area contributed by atoms with Gasteiger partial charge in [-0.1, -0.05) is 276 Å². The van der Waals surface area contributed by atoms with Gasteiger partial charge in [0.2, 0.25) is 5.91 Å². The van der Waals surface area contributed by atoms with E-state index in [0.717, 1.165) is 38.5 Å². The Morgan fingerprint density at radius 1 is 0.478 bits per heavy atom. The Morgan fingerprint density at radius 2 is 0.812 bits per heavy atom. The zero-order valence-corrected chi connectivity index (χ0v) is 45.6. The van der Waals surface area contributed by atoms with Crippen molar-refractivity contribution in [2.75, 3.05) is 13.2 Å². The smallest absolute Gasteiger partial charge is 0.220 e. The number of unbranched alkanes of at least 4 members (excludes halogenated alkanes) is 41. The number of allylic oxidation sites excluding steroid dienone is 2. The molecule has 9 heteroatoms. The average molecular weight is 981 g/mol. The van der Waals surface area contributed by atoms with Crippen molar-refractivity contribution < 1.29 is 39.8 Å². The van der Waals surface area contributed by atoms with Gasteiger partial charge in [0.15, 0.2) is 6.29 Å². The zero-order chi connectivity index (χ0) is 50.1. The van der Waals surface area contributed by atoms with Gasteiger partial charge in [-0.2, -0.15) is 0 Å². The van der Waals surface area contributed by atoms with Crippen molar-refractivity contribution >= 4 is 5.91 Å². The molecular formula is C60H117NO8. The molecule has 0 aromatic carbocycles. The highest BCUT2D eigenvalue weighted by molar-refractivity contribution is 5.76. The SMILES string of the molecule is CCCCCCCCCCCCCC/C=C\CCCCCCCCCC(=O)NC(COC1OC(CO)C(O)C(O)C1O)C(O)CCCCCCCCCCCCCCCCCCCCCCCCC. The summed E-state index contributed by atoms with van der Waals surface area (Å²) in [5.74, 6) is -0.143. The van der Waals surface area contributed by atoms with E-state index in [1.54, 1.807) is 0 Å². The van der Waals surface area contributed by atoms with E-state index in [1.807, 2.05) is 0 Å². The number of ether oxygens (including phenoxy) is 2. The Kier molecular flexibility index (Phi) is 48.2. The summed E-state index contributed by atoms with van der Waals surface area (Å²) in [7, 11) is 0. The third-order valence-corrected chi connectivity index (χ3v) is 14.9. The zero-order valence-electron chi connectivity index (χ0n) is 45.6. The van der Waals surface area contributed by atoms with Gasteiger partial charge in [-0.3, -0.25) is 4.79 Å². The molecular weight excluding hydrogens is 863 g/mol. The van der Waals surface area contributed by atoms with Gasteiger partial charge in [0.1, 0.15) is 24.4 Å². The normalized spacial score (nSPS) is 19.4. The highest BCUT2D eigenvalue weighted by Gasteiger charge is 2.44. The van der Waals surface area contributed by atoms with E-state index in [0.29, 0.717) is 12.8 Å². The van der Waals surface area contributed by atoms with E-state index in [1.165, 1.54) is 244 Å². The van der Waals surface area contributed by atoms with Crippen molar-refractivity contribution in [2.24, 2.45) is 0 Å². The molecule has 1 heterocycles. The molecule has 7 unspecified atom stereocenters. The van der Waals surface area contributed by atoms with Crippen LogP contribution in [0.4, 0.5) is 0 Å². The molecule has 0 spiro atoms. The second kappa shape index (κ2) is 50.5. The molecule has 0 radical (unpaired) electrons. The third-order valence-electron chi connectivity index (χ3n) is 14.9. The number of carbonyl (C=O) groups excluding carboxylic acids is 1. The maximum Gasteiger partial charge on any atom is 0.220 e. The molecule has 1 fully saturated rings. The number of aliphatic hydroxyl groups excluding tert-OH is 5. The van der Waals surface area contributed by atoms with Crippen molar-refractivity contribution in [1.29, 1.82) is 0 Å². The molecule has 1 saturated heterocycles. The molecule has 0 aliphatic carbocycles. The molecule has 1 aliphatic rings. The van der Waals surface area contributed by atoms with Crippen molar-refractivity contribution in [3.8, 4) is 0 Å². The quantitative estimate of drug-likeness (QED) is 0.0261. The monoisotopic (exact) mass is 980 g/mol. The average Bonchev–Trinajstić information content (AvgIpc) is 3.35. The lowest BCUT2D eigenvalue weighted by Gasteiger charge is -2.40. The van der Waals surface area contributed by atoms with Crippen molar-refractivity contribution in [3.05, 3.63) is 12.2 Å². The van der Waals surface area contributed by atoms with Gasteiger partial charge in [-0.15, -0.1) is 0 Å². The van der Waals surface area contributed by atoms with Crippen LogP contribution in [0.2, 0.25) is 0 Å². The Labute approximate surface area is 426 Å². The van der Waals surface area contributed by atoms with Crippen LogP contribution in [0, 0.1) is 0 Å². The first kappa shape index (κ1) is 65.9. The van der Waals surface area contributed by atoms with E-state index in [2.05, 4.69) is 31.3 Å². The van der Waals surface area contributed by atoms with Gasteiger partial charge in [0, 0.05) is 6.42 Å². The summed E-state index contributed by atoms with van der Waals surface area (Å²) < 4.78 is 11.3. The van der Waals surface area contributed by atoms with Crippen LogP contribution in [0.5, 0.6) is 0 Å². The highest BCUT2D eigenvalue weighted by Crippen LogP contribution is 2.23. The molecule has 0 aromatic heterocycles. The topological polar surface area (TPSA) is 149 Å². The van der Waals surface area contributed by atoms with Crippen molar-refractivity contribution in [1.82, 2.24) is 5.32 Å². The Morgan fingerprint density at radius 3 is 1.17 bits per heavy atom. The molecule has 0 aromatic rings. The van der Waals surface area contributed by atoms with Crippen LogP contribution in [0.15, 0.2) is 12.2 Å². The Hall–Kier alpha value is -1.07. The Balaban J connectivity index is 2.18. The minimum Gasteiger partial charge on any atom is -0.394 e. The first-order chi connectivity index (χ1) is 33.8. The van der Waals surface area contributed by atoms with Crippen LogP contribution in [0.3, 0.4) is 0 Å². The van der Waals surface area contributed by atoms with Crippen LogP contribution in [0.1, 0.15) is 309 Å².